The van der Waals surface area contributed by atoms with Crippen LogP contribution in [0.4, 0.5) is 0 Å². The number of benzene rings is 1. The van der Waals surface area contributed by atoms with Gasteiger partial charge in [-0.2, -0.15) is 0 Å². The molecule has 2 heterocycles. The van der Waals surface area contributed by atoms with Gasteiger partial charge in [-0.25, -0.2) is 9.97 Å². The summed E-state index contributed by atoms with van der Waals surface area (Å²) in [6, 6.07) is 6.11. The summed E-state index contributed by atoms with van der Waals surface area (Å²) in [6.07, 6.45) is 0. The third-order valence-electron chi connectivity index (χ3n) is 3.45. The van der Waals surface area contributed by atoms with Crippen LogP contribution in [0.3, 0.4) is 0 Å². The lowest BCUT2D eigenvalue weighted by Gasteiger charge is -2.12. The fourth-order valence-electron chi connectivity index (χ4n) is 2.22. The Bertz CT molecular complexity index is 813. The highest BCUT2D eigenvalue weighted by molar-refractivity contribution is 7.16. The molecule has 0 N–H and O–H groups in total. The Morgan fingerprint density at radius 1 is 1.19 bits per heavy atom. The lowest BCUT2D eigenvalue weighted by molar-refractivity contribution is 0.294. The predicted molar refractivity (Wildman–Crippen MR) is 87.4 cm³/mol. The quantitative estimate of drug-likeness (QED) is 0.647. The van der Waals surface area contributed by atoms with Crippen LogP contribution in [-0.2, 0) is 6.61 Å². The van der Waals surface area contributed by atoms with Crippen LogP contribution in [0.2, 0.25) is 5.15 Å². The molecule has 0 saturated carbocycles. The Hall–Kier alpha value is -1.65. The largest absolute Gasteiger partial charge is 0.485 e. The summed E-state index contributed by atoms with van der Waals surface area (Å²) in [5.41, 5.74) is 3.54. The molecule has 108 valence electrons. The Morgan fingerprint density at radius 2 is 2.00 bits per heavy atom. The first-order valence-corrected chi connectivity index (χ1v) is 7.90. The summed E-state index contributed by atoms with van der Waals surface area (Å²) in [5.74, 6) is 1.48. The number of ether oxygens (including phenoxy) is 1. The highest BCUT2D eigenvalue weighted by atomic mass is 35.5. The van der Waals surface area contributed by atoms with Crippen LogP contribution in [0.1, 0.15) is 22.5 Å². The second kappa shape index (κ2) is 5.62. The zero-order chi connectivity index (χ0) is 15.0. The fraction of sp³-hybridized carbons (Fsp3) is 0.250. The Morgan fingerprint density at radius 3 is 2.81 bits per heavy atom. The van der Waals surface area contributed by atoms with E-state index in [0.717, 1.165) is 21.5 Å². The Kier molecular flexibility index (Phi) is 3.83. The molecule has 0 fully saturated rings. The number of hydrogen-bond acceptors (Lipinski definition) is 4. The number of aryl methyl sites for hydroxylation is 2. The van der Waals surface area contributed by atoms with Gasteiger partial charge in [-0.05, 0) is 55.0 Å². The summed E-state index contributed by atoms with van der Waals surface area (Å²) in [6.45, 7) is 6.52. The van der Waals surface area contributed by atoms with Crippen LogP contribution in [0, 0.1) is 20.8 Å². The fourth-order valence-corrected chi connectivity index (χ4v) is 3.31. The maximum Gasteiger partial charge on any atom is 0.169 e. The SMILES string of the molecule is Cc1cc(C)c(C)c(OCc2nc(Cl)c3ccsc3n2)c1. The van der Waals surface area contributed by atoms with E-state index in [2.05, 4.69) is 36.8 Å². The van der Waals surface area contributed by atoms with Crippen LogP contribution in [0.5, 0.6) is 5.75 Å². The second-order valence-electron chi connectivity index (χ2n) is 5.06. The van der Waals surface area contributed by atoms with Gasteiger partial charge in [-0.3, -0.25) is 0 Å². The Balaban J connectivity index is 1.86. The molecule has 2 aromatic heterocycles. The van der Waals surface area contributed by atoms with E-state index in [1.807, 2.05) is 17.5 Å². The zero-order valence-corrected chi connectivity index (χ0v) is 13.7. The molecule has 3 aromatic rings. The molecule has 0 saturated heterocycles. The molecule has 0 bridgehead atoms. The molecular weight excluding hydrogens is 304 g/mol. The summed E-state index contributed by atoms with van der Waals surface area (Å²) in [5, 5.41) is 3.34. The number of thiophene rings is 1. The van der Waals surface area contributed by atoms with E-state index < -0.39 is 0 Å². The number of halogens is 1. The maximum absolute atomic E-state index is 6.17. The van der Waals surface area contributed by atoms with Gasteiger partial charge >= 0.3 is 0 Å². The number of hydrogen-bond donors (Lipinski definition) is 0. The topological polar surface area (TPSA) is 35.0 Å². The van der Waals surface area contributed by atoms with Crippen molar-refractivity contribution < 1.29 is 4.74 Å². The van der Waals surface area contributed by atoms with Crippen molar-refractivity contribution in [3.63, 3.8) is 0 Å². The molecule has 0 unspecified atom stereocenters. The van der Waals surface area contributed by atoms with Crippen molar-refractivity contribution in [1.29, 1.82) is 0 Å². The zero-order valence-electron chi connectivity index (χ0n) is 12.1. The van der Waals surface area contributed by atoms with Gasteiger partial charge in [0.15, 0.2) is 5.82 Å². The van der Waals surface area contributed by atoms with Crippen molar-refractivity contribution >= 4 is 33.2 Å². The third-order valence-corrected chi connectivity index (χ3v) is 4.54. The molecule has 0 amide bonds. The first-order valence-electron chi connectivity index (χ1n) is 6.65. The average Bonchev–Trinajstić information content (AvgIpc) is 2.90. The van der Waals surface area contributed by atoms with Gasteiger partial charge in [0, 0.05) is 5.39 Å². The third kappa shape index (κ3) is 2.87. The summed E-state index contributed by atoms with van der Waals surface area (Å²) < 4.78 is 5.89. The van der Waals surface area contributed by atoms with Crippen molar-refractivity contribution in [1.82, 2.24) is 9.97 Å². The first kappa shape index (κ1) is 14.3. The highest BCUT2D eigenvalue weighted by Crippen LogP contribution is 2.26. The number of fused-ring (bicyclic) bond motifs is 1. The molecular formula is C16H15ClN2OS. The van der Waals surface area contributed by atoms with Crippen molar-refractivity contribution in [3.05, 3.63) is 51.2 Å². The molecule has 0 aliphatic rings. The van der Waals surface area contributed by atoms with E-state index >= 15 is 0 Å². The molecule has 1 aromatic carbocycles. The maximum atomic E-state index is 6.17. The van der Waals surface area contributed by atoms with E-state index in [-0.39, 0.29) is 0 Å². The molecule has 0 aliphatic heterocycles. The molecule has 0 atom stereocenters. The van der Waals surface area contributed by atoms with Gasteiger partial charge in [0.25, 0.3) is 0 Å². The minimum Gasteiger partial charge on any atom is -0.485 e. The number of rotatable bonds is 3. The van der Waals surface area contributed by atoms with E-state index in [9.17, 15) is 0 Å². The van der Waals surface area contributed by atoms with Gasteiger partial charge in [0.1, 0.15) is 22.3 Å². The van der Waals surface area contributed by atoms with Gasteiger partial charge in [0.2, 0.25) is 0 Å². The van der Waals surface area contributed by atoms with E-state index in [1.165, 1.54) is 11.1 Å². The van der Waals surface area contributed by atoms with Gasteiger partial charge < -0.3 is 4.74 Å². The summed E-state index contributed by atoms with van der Waals surface area (Å²) >= 11 is 7.72. The van der Waals surface area contributed by atoms with E-state index in [0.29, 0.717) is 17.6 Å². The number of aromatic nitrogens is 2. The normalized spacial score (nSPS) is 11.0. The lowest BCUT2D eigenvalue weighted by atomic mass is 10.1. The van der Waals surface area contributed by atoms with E-state index in [4.69, 9.17) is 16.3 Å². The predicted octanol–water partition coefficient (Wildman–Crippen LogP) is 4.85. The molecule has 0 aliphatic carbocycles. The molecule has 5 heteroatoms. The minimum absolute atomic E-state index is 0.317. The minimum atomic E-state index is 0.317. The van der Waals surface area contributed by atoms with Crippen LogP contribution in [0.15, 0.2) is 23.6 Å². The van der Waals surface area contributed by atoms with Crippen molar-refractivity contribution in [3.8, 4) is 5.75 Å². The van der Waals surface area contributed by atoms with Crippen LogP contribution >= 0.6 is 22.9 Å². The molecule has 21 heavy (non-hydrogen) atoms. The lowest BCUT2D eigenvalue weighted by Crippen LogP contribution is -2.03. The van der Waals surface area contributed by atoms with Crippen molar-refractivity contribution in [2.24, 2.45) is 0 Å². The monoisotopic (exact) mass is 318 g/mol. The smallest absolute Gasteiger partial charge is 0.169 e. The Labute approximate surface area is 132 Å². The second-order valence-corrected chi connectivity index (χ2v) is 6.32. The molecule has 0 spiro atoms. The van der Waals surface area contributed by atoms with Crippen LogP contribution < -0.4 is 4.74 Å². The average molecular weight is 319 g/mol. The van der Waals surface area contributed by atoms with Gasteiger partial charge in [-0.15, -0.1) is 11.3 Å². The number of nitrogens with zero attached hydrogens (tertiary/aromatic N) is 2. The molecule has 3 nitrogen and oxygen atoms in total. The van der Waals surface area contributed by atoms with Crippen molar-refractivity contribution in [2.45, 2.75) is 27.4 Å². The molecule has 3 rings (SSSR count). The summed E-state index contributed by atoms with van der Waals surface area (Å²) in [4.78, 5) is 9.68. The van der Waals surface area contributed by atoms with E-state index in [1.54, 1.807) is 11.3 Å². The van der Waals surface area contributed by atoms with Gasteiger partial charge in [0.05, 0.1) is 0 Å². The van der Waals surface area contributed by atoms with Crippen LogP contribution in [-0.4, -0.2) is 9.97 Å². The standard InChI is InChI=1S/C16H15ClN2OS/c1-9-6-10(2)11(3)13(7-9)20-8-14-18-15(17)12-4-5-21-16(12)19-14/h4-7H,8H2,1-3H3. The van der Waals surface area contributed by atoms with Crippen LogP contribution in [0.25, 0.3) is 10.2 Å². The molecule has 0 radical (unpaired) electrons. The highest BCUT2D eigenvalue weighted by Gasteiger charge is 2.09. The van der Waals surface area contributed by atoms with Crippen molar-refractivity contribution in [2.75, 3.05) is 0 Å². The summed E-state index contributed by atoms with van der Waals surface area (Å²) in [7, 11) is 0. The van der Waals surface area contributed by atoms with Gasteiger partial charge in [-0.1, -0.05) is 17.7 Å². The first-order chi connectivity index (χ1) is 10.0.